The molecule has 0 aliphatic carbocycles. The van der Waals surface area contributed by atoms with E-state index in [-0.39, 0.29) is 0 Å². The van der Waals surface area contributed by atoms with Crippen molar-refractivity contribution in [3.63, 3.8) is 0 Å². The molecule has 0 aliphatic heterocycles. The third-order valence-corrected chi connectivity index (χ3v) is 11.2. The minimum absolute atomic E-state index is 0.555. The summed E-state index contributed by atoms with van der Waals surface area (Å²) in [6, 6.07) is 3.97. The van der Waals surface area contributed by atoms with Gasteiger partial charge in [0, 0.05) is 10.0 Å². The normalized spacial score (nSPS) is 12.3. The van der Waals surface area contributed by atoms with E-state index in [1.807, 2.05) is 6.07 Å². The maximum atomic E-state index is 6.68. The number of ether oxygens (including phenoxy) is 2. The first-order chi connectivity index (χ1) is 10.7. The first-order valence-corrected chi connectivity index (χ1v) is 11.2. The highest BCUT2D eigenvalue weighted by atomic mass is 79.9. The van der Waals surface area contributed by atoms with Gasteiger partial charge in [-0.1, -0.05) is 57.5 Å². The predicted octanol–water partition coefficient (Wildman–Crippen LogP) is 6.16. The van der Waals surface area contributed by atoms with Gasteiger partial charge in [-0.2, -0.15) is 0 Å². The highest BCUT2D eigenvalue weighted by Crippen LogP contribution is 2.44. The zero-order valence-corrected chi connectivity index (χ0v) is 18.3. The first-order valence-electron chi connectivity index (χ1n) is 8.24. The number of methoxy groups -OCH3 is 2. The molecule has 1 aromatic carbocycles. The molecule has 132 valence electrons. The van der Waals surface area contributed by atoms with Crippen molar-refractivity contribution < 1.29 is 13.9 Å². The van der Waals surface area contributed by atoms with Crippen molar-refractivity contribution in [2.45, 2.75) is 64.8 Å². The lowest BCUT2D eigenvalue weighted by molar-refractivity contribution is 0.257. The lowest BCUT2D eigenvalue weighted by Gasteiger charge is -2.42. The Morgan fingerprint density at radius 2 is 1.43 bits per heavy atom. The minimum atomic E-state index is -1.90. The molecule has 3 nitrogen and oxygen atoms in total. The minimum Gasteiger partial charge on any atom is -0.493 e. The van der Waals surface area contributed by atoms with E-state index in [9.17, 15) is 0 Å². The Kier molecular flexibility index (Phi) is 7.62. The van der Waals surface area contributed by atoms with Crippen LogP contribution < -0.4 is 9.47 Å². The summed E-state index contributed by atoms with van der Waals surface area (Å²) in [5.74, 6) is 1.49. The zero-order chi connectivity index (χ0) is 17.8. The predicted molar refractivity (Wildman–Crippen MR) is 103 cm³/mol. The molecule has 0 radical (unpaired) electrons. The van der Waals surface area contributed by atoms with Gasteiger partial charge in [-0.05, 0) is 28.8 Å². The van der Waals surface area contributed by atoms with E-state index in [2.05, 4.69) is 63.5 Å². The SMILES string of the molecule is COc1cc(Br)cc(CO[Si](C(C)C)(C(C)C)C(C)C)c1OC. The zero-order valence-electron chi connectivity index (χ0n) is 15.7. The van der Waals surface area contributed by atoms with Gasteiger partial charge >= 0.3 is 0 Å². The van der Waals surface area contributed by atoms with E-state index in [1.54, 1.807) is 14.2 Å². The third kappa shape index (κ3) is 4.31. The summed E-state index contributed by atoms with van der Waals surface area (Å²) in [5, 5.41) is 0. The van der Waals surface area contributed by atoms with E-state index in [0.29, 0.717) is 23.2 Å². The van der Waals surface area contributed by atoms with Gasteiger partial charge in [0.1, 0.15) is 0 Å². The molecule has 23 heavy (non-hydrogen) atoms. The average Bonchev–Trinajstić information content (AvgIpc) is 2.45. The van der Waals surface area contributed by atoms with E-state index >= 15 is 0 Å². The molecule has 0 spiro atoms. The van der Waals surface area contributed by atoms with Gasteiger partial charge in [0.25, 0.3) is 0 Å². The van der Waals surface area contributed by atoms with Crippen molar-refractivity contribution in [3.05, 3.63) is 22.2 Å². The second-order valence-electron chi connectivity index (χ2n) is 6.91. The summed E-state index contributed by atoms with van der Waals surface area (Å²) >= 11 is 3.54. The van der Waals surface area contributed by atoms with Crippen molar-refractivity contribution >= 4 is 24.2 Å². The quantitative estimate of drug-likeness (QED) is 0.487. The van der Waals surface area contributed by atoms with Gasteiger partial charge in [0.05, 0.1) is 20.8 Å². The van der Waals surface area contributed by atoms with Crippen LogP contribution >= 0.6 is 15.9 Å². The standard InChI is InChI=1S/C18H31BrO3Si/c1-12(2)23(13(3)4,14(5)6)22-11-15-9-16(19)10-17(20-7)18(15)21-8/h9-10,12-14H,11H2,1-8H3. The molecule has 0 amide bonds. The van der Waals surface area contributed by atoms with Crippen molar-refractivity contribution in [2.24, 2.45) is 0 Å². The Hall–Kier alpha value is -0.523. The van der Waals surface area contributed by atoms with E-state index in [4.69, 9.17) is 13.9 Å². The molecule has 0 unspecified atom stereocenters. The van der Waals surface area contributed by atoms with Gasteiger partial charge < -0.3 is 13.9 Å². The Balaban J connectivity index is 3.19. The van der Waals surface area contributed by atoms with Crippen LogP contribution in [0.2, 0.25) is 16.6 Å². The Labute approximate surface area is 151 Å². The molecular weight excluding hydrogens is 372 g/mol. The monoisotopic (exact) mass is 402 g/mol. The van der Waals surface area contributed by atoms with Gasteiger partial charge in [0.15, 0.2) is 11.5 Å². The molecule has 0 saturated carbocycles. The van der Waals surface area contributed by atoms with Crippen molar-refractivity contribution in [1.29, 1.82) is 0 Å². The summed E-state index contributed by atoms with van der Waals surface area (Å²) in [6.45, 7) is 14.3. The summed E-state index contributed by atoms with van der Waals surface area (Å²) in [6.07, 6.45) is 0. The Morgan fingerprint density at radius 3 is 1.83 bits per heavy atom. The van der Waals surface area contributed by atoms with Crippen molar-refractivity contribution in [1.82, 2.24) is 0 Å². The molecule has 0 bridgehead atoms. The molecule has 0 aliphatic rings. The van der Waals surface area contributed by atoms with Crippen LogP contribution in [0.3, 0.4) is 0 Å². The second kappa shape index (κ2) is 8.54. The maximum Gasteiger partial charge on any atom is 0.200 e. The summed E-state index contributed by atoms with van der Waals surface area (Å²) in [7, 11) is 1.43. The van der Waals surface area contributed by atoms with E-state index < -0.39 is 8.32 Å². The van der Waals surface area contributed by atoms with Gasteiger partial charge in [-0.3, -0.25) is 0 Å². The van der Waals surface area contributed by atoms with Crippen LogP contribution in [-0.4, -0.2) is 22.5 Å². The molecular formula is C18H31BrO3Si. The highest BCUT2D eigenvalue weighted by Gasteiger charge is 2.45. The average molecular weight is 403 g/mol. The summed E-state index contributed by atoms with van der Waals surface area (Å²) in [4.78, 5) is 0. The molecule has 0 fully saturated rings. The molecule has 0 atom stereocenters. The molecule has 0 saturated heterocycles. The van der Waals surface area contributed by atoms with Crippen LogP contribution in [0.5, 0.6) is 11.5 Å². The molecule has 0 aromatic heterocycles. The highest BCUT2D eigenvalue weighted by molar-refractivity contribution is 9.10. The van der Waals surface area contributed by atoms with Crippen LogP contribution in [0.15, 0.2) is 16.6 Å². The fourth-order valence-electron chi connectivity index (χ4n) is 3.82. The summed E-state index contributed by atoms with van der Waals surface area (Å²) < 4.78 is 18.6. The largest absolute Gasteiger partial charge is 0.493 e. The number of hydrogen-bond donors (Lipinski definition) is 0. The number of rotatable bonds is 8. The fourth-order valence-corrected chi connectivity index (χ4v) is 9.71. The first kappa shape index (κ1) is 20.5. The van der Waals surface area contributed by atoms with Crippen LogP contribution in [-0.2, 0) is 11.0 Å². The van der Waals surface area contributed by atoms with Gasteiger partial charge in [-0.25, -0.2) is 0 Å². The second-order valence-corrected chi connectivity index (χ2v) is 13.3. The van der Waals surface area contributed by atoms with Crippen LogP contribution in [0.25, 0.3) is 0 Å². The topological polar surface area (TPSA) is 27.7 Å². The number of hydrogen-bond acceptors (Lipinski definition) is 3. The third-order valence-electron chi connectivity index (χ3n) is 4.71. The molecule has 0 heterocycles. The maximum absolute atomic E-state index is 6.68. The van der Waals surface area contributed by atoms with Gasteiger partial charge in [0.2, 0.25) is 8.32 Å². The Morgan fingerprint density at radius 1 is 0.913 bits per heavy atom. The molecule has 1 aromatic rings. The van der Waals surface area contributed by atoms with E-state index in [0.717, 1.165) is 21.5 Å². The van der Waals surface area contributed by atoms with Crippen LogP contribution in [0.1, 0.15) is 47.1 Å². The lowest BCUT2D eigenvalue weighted by Crippen LogP contribution is -2.47. The lowest BCUT2D eigenvalue weighted by atomic mass is 10.2. The molecule has 0 N–H and O–H groups in total. The molecule has 1 rings (SSSR count). The van der Waals surface area contributed by atoms with Crippen LogP contribution in [0.4, 0.5) is 0 Å². The smallest absolute Gasteiger partial charge is 0.200 e. The summed E-state index contributed by atoms with van der Waals surface area (Å²) in [5.41, 5.74) is 2.70. The van der Waals surface area contributed by atoms with Crippen LogP contribution in [0, 0.1) is 0 Å². The van der Waals surface area contributed by atoms with Crippen molar-refractivity contribution in [2.75, 3.05) is 14.2 Å². The van der Waals surface area contributed by atoms with Gasteiger partial charge in [-0.15, -0.1) is 0 Å². The van der Waals surface area contributed by atoms with E-state index in [1.165, 1.54) is 0 Å². The van der Waals surface area contributed by atoms with Crippen molar-refractivity contribution in [3.8, 4) is 11.5 Å². The number of halogens is 1. The number of benzene rings is 1. The fraction of sp³-hybridized carbons (Fsp3) is 0.667. The molecule has 5 heteroatoms. The Bertz CT molecular complexity index is 493.